The van der Waals surface area contributed by atoms with Crippen molar-refractivity contribution in [1.29, 1.82) is 0 Å². The van der Waals surface area contributed by atoms with Crippen LogP contribution < -0.4 is 0 Å². The SMILES string of the molecule is Cn1nncc1C=Cc1cc(C(=O)O)c2ccc(F)cc2n1. The first-order valence-corrected chi connectivity index (χ1v) is 6.41. The number of halogens is 1. The van der Waals surface area contributed by atoms with Gasteiger partial charge in [-0.1, -0.05) is 5.21 Å². The molecule has 7 heteroatoms. The number of benzene rings is 1. The van der Waals surface area contributed by atoms with E-state index in [0.29, 0.717) is 16.6 Å². The molecule has 3 aromatic rings. The van der Waals surface area contributed by atoms with Crippen LogP contribution in [0.2, 0.25) is 0 Å². The maximum atomic E-state index is 13.3. The highest BCUT2D eigenvalue weighted by Gasteiger charge is 2.11. The van der Waals surface area contributed by atoms with E-state index in [1.807, 2.05) is 0 Å². The molecule has 0 saturated heterocycles. The second-order valence-electron chi connectivity index (χ2n) is 4.68. The summed E-state index contributed by atoms with van der Waals surface area (Å²) in [6, 6.07) is 5.29. The Hall–Kier alpha value is -3.09. The summed E-state index contributed by atoms with van der Waals surface area (Å²) in [5.74, 6) is -1.55. The lowest BCUT2D eigenvalue weighted by Gasteiger charge is -2.04. The Labute approximate surface area is 124 Å². The van der Waals surface area contributed by atoms with Crippen LogP contribution in [0.15, 0.2) is 30.5 Å². The molecule has 0 bridgehead atoms. The number of aromatic nitrogens is 4. The van der Waals surface area contributed by atoms with Gasteiger partial charge in [0.1, 0.15) is 5.82 Å². The normalized spacial score (nSPS) is 11.4. The molecule has 0 unspecified atom stereocenters. The number of carboxylic acids is 1. The molecule has 0 fully saturated rings. The number of nitrogens with zero attached hydrogens (tertiary/aromatic N) is 4. The van der Waals surface area contributed by atoms with E-state index in [9.17, 15) is 14.3 Å². The zero-order chi connectivity index (χ0) is 15.7. The van der Waals surface area contributed by atoms with Crippen molar-refractivity contribution in [3.63, 3.8) is 0 Å². The van der Waals surface area contributed by atoms with Crippen molar-refractivity contribution in [1.82, 2.24) is 20.0 Å². The van der Waals surface area contributed by atoms with Crippen molar-refractivity contribution in [3.05, 3.63) is 53.2 Å². The van der Waals surface area contributed by atoms with E-state index in [-0.39, 0.29) is 5.56 Å². The first-order chi connectivity index (χ1) is 10.5. The van der Waals surface area contributed by atoms with Crippen LogP contribution in [0.25, 0.3) is 23.1 Å². The van der Waals surface area contributed by atoms with Crippen molar-refractivity contribution >= 4 is 29.0 Å². The lowest BCUT2D eigenvalue weighted by atomic mass is 10.1. The predicted molar refractivity (Wildman–Crippen MR) is 78.6 cm³/mol. The van der Waals surface area contributed by atoms with Crippen molar-refractivity contribution in [3.8, 4) is 0 Å². The number of carboxylic acid groups (broad SMARTS) is 1. The first kappa shape index (κ1) is 13.9. The Morgan fingerprint density at radius 2 is 2.14 bits per heavy atom. The third-order valence-electron chi connectivity index (χ3n) is 3.20. The number of aromatic carboxylic acids is 1. The number of hydrogen-bond donors (Lipinski definition) is 1. The second kappa shape index (κ2) is 5.36. The summed E-state index contributed by atoms with van der Waals surface area (Å²) in [6.07, 6.45) is 4.91. The maximum Gasteiger partial charge on any atom is 0.336 e. The van der Waals surface area contributed by atoms with Gasteiger partial charge in [-0.15, -0.1) is 5.10 Å². The molecule has 2 aromatic heterocycles. The number of carbonyl (C=O) groups is 1. The highest BCUT2D eigenvalue weighted by atomic mass is 19.1. The van der Waals surface area contributed by atoms with Gasteiger partial charge in [0, 0.05) is 18.5 Å². The van der Waals surface area contributed by atoms with Crippen molar-refractivity contribution < 1.29 is 14.3 Å². The third kappa shape index (κ3) is 2.56. The van der Waals surface area contributed by atoms with Gasteiger partial charge in [0.15, 0.2) is 0 Å². The molecular weight excluding hydrogens is 287 g/mol. The lowest BCUT2D eigenvalue weighted by molar-refractivity contribution is 0.0699. The van der Waals surface area contributed by atoms with Gasteiger partial charge in [0.05, 0.1) is 28.7 Å². The highest BCUT2D eigenvalue weighted by Crippen LogP contribution is 2.21. The van der Waals surface area contributed by atoms with Gasteiger partial charge in [-0.25, -0.2) is 18.9 Å². The van der Waals surface area contributed by atoms with Crippen LogP contribution in [0, 0.1) is 5.82 Å². The molecule has 0 atom stereocenters. The monoisotopic (exact) mass is 298 g/mol. The van der Waals surface area contributed by atoms with Gasteiger partial charge in [0.2, 0.25) is 0 Å². The van der Waals surface area contributed by atoms with E-state index in [0.717, 1.165) is 5.69 Å². The van der Waals surface area contributed by atoms with Crippen molar-refractivity contribution in [2.75, 3.05) is 0 Å². The topological polar surface area (TPSA) is 80.9 Å². The Bertz CT molecular complexity index is 902. The van der Waals surface area contributed by atoms with Crippen LogP contribution in [0.5, 0.6) is 0 Å². The summed E-state index contributed by atoms with van der Waals surface area (Å²) in [5, 5.41) is 17.2. The Morgan fingerprint density at radius 3 is 2.82 bits per heavy atom. The van der Waals surface area contributed by atoms with Gasteiger partial charge in [-0.05, 0) is 30.4 Å². The minimum atomic E-state index is -1.09. The Kier molecular flexibility index (Phi) is 3.38. The molecule has 0 aliphatic rings. The average Bonchev–Trinajstić information content (AvgIpc) is 2.89. The van der Waals surface area contributed by atoms with E-state index in [4.69, 9.17) is 0 Å². The molecule has 6 nitrogen and oxygen atoms in total. The molecule has 0 spiro atoms. The predicted octanol–water partition coefficient (Wildman–Crippen LogP) is 2.37. The minimum absolute atomic E-state index is 0.0766. The van der Waals surface area contributed by atoms with Crippen LogP contribution >= 0.6 is 0 Å². The standard InChI is InChI=1S/C15H11FN4O2/c1-20-11(8-17-19-20)4-3-10-7-13(15(21)22)12-5-2-9(16)6-14(12)18-10/h2-8H,1H3,(H,21,22). The summed E-state index contributed by atoms with van der Waals surface area (Å²) < 4.78 is 14.9. The largest absolute Gasteiger partial charge is 0.478 e. The van der Waals surface area contributed by atoms with Crippen molar-refractivity contribution in [2.24, 2.45) is 7.05 Å². The zero-order valence-electron chi connectivity index (χ0n) is 11.6. The van der Waals surface area contributed by atoms with Crippen molar-refractivity contribution in [2.45, 2.75) is 0 Å². The van der Waals surface area contributed by atoms with Crippen LogP contribution in [0.1, 0.15) is 21.7 Å². The average molecular weight is 298 g/mol. The molecule has 1 N–H and O–H groups in total. The summed E-state index contributed by atoms with van der Waals surface area (Å²) in [7, 11) is 1.73. The summed E-state index contributed by atoms with van der Waals surface area (Å²) in [5.41, 5.74) is 1.52. The molecule has 0 saturated carbocycles. The summed E-state index contributed by atoms with van der Waals surface area (Å²) in [4.78, 5) is 15.6. The molecular formula is C15H11FN4O2. The molecule has 0 amide bonds. The van der Waals surface area contributed by atoms with Crippen LogP contribution in [-0.4, -0.2) is 31.1 Å². The highest BCUT2D eigenvalue weighted by molar-refractivity contribution is 6.03. The number of pyridine rings is 1. The molecule has 2 heterocycles. The van der Waals surface area contributed by atoms with E-state index in [2.05, 4.69) is 15.3 Å². The molecule has 1 aromatic carbocycles. The summed E-state index contributed by atoms with van der Waals surface area (Å²) in [6.45, 7) is 0. The van der Waals surface area contributed by atoms with Gasteiger partial charge >= 0.3 is 5.97 Å². The third-order valence-corrected chi connectivity index (χ3v) is 3.20. The Balaban J connectivity index is 2.12. The number of rotatable bonds is 3. The maximum absolute atomic E-state index is 13.3. The molecule has 0 aliphatic heterocycles. The van der Waals surface area contributed by atoms with Crippen LogP contribution in [-0.2, 0) is 7.05 Å². The molecule has 22 heavy (non-hydrogen) atoms. The second-order valence-corrected chi connectivity index (χ2v) is 4.68. The zero-order valence-corrected chi connectivity index (χ0v) is 11.6. The van der Waals surface area contributed by atoms with E-state index >= 15 is 0 Å². The van der Waals surface area contributed by atoms with Crippen LogP contribution in [0.4, 0.5) is 4.39 Å². The number of fused-ring (bicyclic) bond motifs is 1. The fourth-order valence-electron chi connectivity index (χ4n) is 2.10. The van der Waals surface area contributed by atoms with E-state index < -0.39 is 11.8 Å². The fraction of sp³-hybridized carbons (Fsp3) is 0.0667. The van der Waals surface area contributed by atoms with Gasteiger partial charge in [0.25, 0.3) is 0 Å². The molecule has 0 aliphatic carbocycles. The van der Waals surface area contributed by atoms with Crippen LogP contribution in [0.3, 0.4) is 0 Å². The number of aryl methyl sites for hydroxylation is 1. The van der Waals surface area contributed by atoms with Gasteiger partial charge < -0.3 is 5.11 Å². The minimum Gasteiger partial charge on any atom is -0.478 e. The van der Waals surface area contributed by atoms with Gasteiger partial charge in [-0.2, -0.15) is 0 Å². The lowest BCUT2D eigenvalue weighted by Crippen LogP contribution is -2.00. The quantitative estimate of drug-likeness (QED) is 0.803. The molecule has 110 valence electrons. The Morgan fingerprint density at radius 1 is 1.32 bits per heavy atom. The smallest absolute Gasteiger partial charge is 0.336 e. The number of hydrogen-bond acceptors (Lipinski definition) is 4. The van der Waals surface area contributed by atoms with Gasteiger partial charge in [-0.3, -0.25) is 0 Å². The fourth-order valence-corrected chi connectivity index (χ4v) is 2.10. The summed E-state index contributed by atoms with van der Waals surface area (Å²) >= 11 is 0. The molecule has 0 radical (unpaired) electrons. The van der Waals surface area contributed by atoms with E-state index in [1.165, 1.54) is 24.3 Å². The molecule has 3 rings (SSSR count). The van der Waals surface area contributed by atoms with E-state index in [1.54, 1.807) is 30.1 Å². The first-order valence-electron chi connectivity index (χ1n) is 6.41.